The maximum absolute atomic E-state index is 12.9. The van der Waals surface area contributed by atoms with Gasteiger partial charge < -0.3 is 15.5 Å². The average molecular weight is 402 g/mol. The molecule has 150 valence electrons. The van der Waals surface area contributed by atoms with Gasteiger partial charge in [0.05, 0.1) is 5.69 Å². The first-order chi connectivity index (χ1) is 13.6. The molecule has 2 aliphatic heterocycles. The molecule has 2 N–H and O–H groups in total. The van der Waals surface area contributed by atoms with Crippen LogP contribution in [0.15, 0.2) is 29.2 Å². The van der Waals surface area contributed by atoms with Gasteiger partial charge in [0.2, 0.25) is 17.7 Å². The molecule has 0 radical (unpaired) electrons. The molecule has 1 aliphatic carbocycles. The average Bonchev–Trinajstić information content (AvgIpc) is 2.73. The van der Waals surface area contributed by atoms with Gasteiger partial charge in [0.25, 0.3) is 0 Å². The number of rotatable bonds is 3. The van der Waals surface area contributed by atoms with Crippen molar-refractivity contribution in [3.8, 4) is 0 Å². The molecule has 3 aliphatic rings. The van der Waals surface area contributed by atoms with E-state index in [0.717, 1.165) is 23.4 Å². The number of thioether (sulfide) groups is 1. The van der Waals surface area contributed by atoms with E-state index < -0.39 is 5.25 Å². The number of carbonyl (C=O) groups excluding carboxylic acids is 3. The summed E-state index contributed by atoms with van der Waals surface area (Å²) in [7, 11) is 0. The van der Waals surface area contributed by atoms with E-state index in [1.54, 1.807) is 4.90 Å². The zero-order valence-corrected chi connectivity index (χ0v) is 16.8. The van der Waals surface area contributed by atoms with Gasteiger partial charge in [-0.3, -0.25) is 14.4 Å². The zero-order valence-electron chi connectivity index (χ0n) is 16.0. The first-order valence-electron chi connectivity index (χ1n) is 10.3. The van der Waals surface area contributed by atoms with Crippen LogP contribution in [0.3, 0.4) is 0 Å². The van der Waals surface area contributed by atoms with Crippen LogP contribution in [0.25, 0.3) is 0 Å². The molecule has 3 amide bonds. The lowest BCUT2D eigenvalue weighted by atomic mass is 9.92. The summed E-state index contributed by atoms with van der Waals surface area (Å²) in [6.45, 7) is 1.07. The predicted octanol–water partition coefficient (Wildman–Crippen LogP) is 2.79. The first kappa shape index (κ1) is 19.3. The number of anilines is 1. The van der Waals surface area contributed by atoms with E-state index in [1.165, 1.54) is 31.0 Å². The van der Waals surface area contributed by atoms with Gasteiger partial charge in [-0.05, 0) is 37.8 Å². The van der Waals surface area contributed by atoms with E-state index in [0.29, 0.717) is 32.0 Å². The fraction of sp³-hybridized carbons (Fsp3) is 0.571. The fourth-order valence-corrected chi connectivity index (χ4v) is 5.38. The molecule has 1 saturated carbocycles. The minimum absolute atomic E-state index is 0.0282. The summed E-state index contributed by atoms with van der Waals surface area (Å²) in [6.07, 6.45) is 7.16. The Morgan fingerprint density at radius 3 is 2.50 bits per heavy atom. The van der Waals surface area contributed by atoms with E-state index in [1.807, 2.05) is 24.3 Å². The maximum Gasteiger partial charge on any atom is 0.247 e. The van der Waals surface area contributed by atoms with Gasteiger partial charge in [0, 0.05) is 29.9 Å². The van der Waals surface area contributed by atoms with Gasteiger partial charge in [0.15, 0.2) is 5.25 Å². The molecule has 0 spiro atoms. The van der Waals surface area contributed by atoms with Crippen LogP contribution in [-0.2, 0) is 14.4 Å². The lowest BCUT2D eigenvalue weighted by Gasteiger charge is -2.35. The highest BCUT2D eigenvalue weighted by atomic mass is 32.2. The van der Waals surface area contributed by atoms with Crippen molar-refractivity contribution in [1.29, 1.82) is 0 Å². The molecule has 6 nitrogen and oxygen atoms in total. The van der Waals surface area contributed by atoms with E-state index in [-0.39, 0.29) is 23.6 Å². The molecular formula is C21H27N3O3S. The third kappa shape index (κ3) is 4.19. The highest BCUT2D eigenvalue weighted by Crippen LogP contribution is 2.36. The quantitative estimate of drug-likeness (QED) is 0.764. The van der Waals surface area contributed by atoms with E-state index >= 15 is 0 Å². The van der Waals surface area contributed by atoms with Gasteiger partial charge in [-0.15, -0.1) is 11.8 Å². The third-order valence-corrected chi connectivity index (χ3v) is 7.24. The van der Waals surface area contributed by atoms with Crippen LogP contribution in [0, 0.1) is 5.92 Å². The van der Waals surface area contributed by atoms with Crippen LogP contribution in [0.2, 0.25) is 0 Å². The molecule has 1 saturated heterocycles. The molecule has 0 unspecified atom stereocenters. The monoisotopic (exact) mass is 401 g/mol. The highest BCUT2D eigenvalue weighted by Gasteiger charge is 2.37. The molecular weight excluding hydrogens is 374 g/mol. The van der Waals surface area contributed by atoms with Crippen molar-refractivity contribution in [2.24, 2.45) is 5.92 Å². The minimum atomic E-state index is -0.748. The number of amides is 3. The maximum atomic E-state index is 12.9. The van der Waals surface area contributed by atoms with Gasteiger partial charge in [-0.1, -0.05) is 31.4 Å². The molecule has 4 rings (SSSR count). The number of hydrogen-bond donors (Lipinski definition) is 2. The van der Waals surface area contributed by atoms with Crippen molar-refractivity contribution in [2.45, 2.75) is 61.1 Å². The number of carbonyl (C=O) groups is 3. The summed E-state index contributed by atoms with van der Waals surface area (Å²) in [4.78, 5) is 40.5. The van der Waals surface area contributed by atoms with Gasteiger partial charge in [-0.2, -0.15) is 0 Å². The fourth-order valence-electron chi connectivity index (χ4n) is 4.31. The topological polar surface area (TPSA) is 78.5 Å². The minimum Gasteiger partial charge on any atom is -0.353 e. The molecule has 0 aromatic heterocycles. The van der Waals surface area contributed by atoms with Crippen molar-refractivity contribution in [3.63, 3.8) is 0 Å². The summed E-state index contributed by atoms with van der Waals surface area (Å²) in [5, 5.41) is 5.29. The van der Waals surface area contributed by atoms with Crippen molar-refractivity contribution < 1.29 is 14.4 Å². The second kappa shape index (κ2) is 8.55. The number of piperidine rings is 1. The highest BCUT2D eigenvalue weighted by molar-refractivity contribution is 8.01. The Morgan fingerprint density at radius 2 is 1.75 bits per heavy atom. The van der Waals surface area contributed by atoms with Gasteiger partial charge in [0.1, 0.15) is 0 Å². The van der Waals surface area contributed by atoms with Gasteiger partial charge in [-0.25, -0.2) is 0 Å². The van der Waals surface area contributed by atoms with Gasteiger partial charge >= 0.3 is 0 Å². The number of hydrogen-bond acceptors (Lipinski definition) is 4. The van der Waals surface area contributed by atoms with Crippen LogP contribution in [0.4, 0.5) is 5.69 Å². The number of likely N-dealkylation sites (tertiary alicyclic amines) is 1. The molecule has 1 atom stereocenters. The molecule has 0 bridgehead atoms. The lowest BCUT2D eigenvalue weighted by Crippen LogP contribution is -2.50. The largest absolute Gasteiger partial charge is 0.353 e. The molecule has 1 aromatic rings. The van der Waals surface area contributed by atoms with Crippen molar-refractivity contribution in [1.82, 2.24) is 10.2 Å². The van der Waals surface area contributed by atoms with Crippen LogP contribution < -0.4 is 10.6 Å². The Labute approximate surface area is 169 Å². The Morgan fingerprint density at radius 1 is 1.04 bits per heavy atom. The number of nitrogens with zero attached hydrogens (tertiary/aromatic N) is 1. The number of para-hydroxylation sites is 1. The Kier molecular flexibility index (Phi) is 5.90. The van der Waals surface area contributed by atoms with Crippen molar-refractivity contribution >= 4 is 35.2 Å². The number of nitrogens with one attached hydrogen (secondary N) is 2. The molecule has 28 heavy (non-hydrogen) atoms. The third-order valence-electron chi connectivity index (χ3n) is 5.98. The van der Waals surface area contributed by atoms with Crippen LogP contribution in [-0.4, -0.2) is 47.0 Å². The predicted molar refractivity (Wildman–Crippen MR) is 109 cm³/mol. The van der Waals surface area contributed by atoms with Crippen LogP contribution in [0.1, 0.15) is 44.9 Å². The van der Waals surface area contributed by atoms with E-state index in [9.17, 15) is 14.4 Å². The summed E-state index contributed by atoms with van der Waals surface area (Å²) < 4.78 is 0. The second-order valence-electron chi connectivity index (χ2n) is 7.93. The summed E-state index contributed by atoms with van der Waals surface area (Å²) in [6, 6.07) is 7.86. The van der Waals surface area contributed by atoms with Crippen LogP contribution in [0.5, 0.6) is 0 Å². The first-order valence-corrected chi connectivity index (χ1v) is 11.2. The summed E-state index contributed by atoms with van der Waals surface area (Å²) in [5.41, 5.74) is 0.764. The smallest absolute Gasteiger partial charge is 0.247 e. The van der Waals surface area contributed by atoms with E-state index in [2.05, 4.69) is 10.6 Å². The molecule has 7 heteroatoms. The summed E-state index contributed by atoms with van der Waals surface area (Å²) >= 11 is 1.31. The Bertz CT molecular complexity index is 755. The number of fused-ring (bicyclic) bond motifs is 1. The molecule has 2 fully saturated rings. The number of benzene rings is 1. The molecule has 1 aromatic carbocycles. The van der Waals surface area contributed by atoms with E-state index in [4.69, 9.17) is 0 Å². The zero-order chi connectivity index (χ0) is 19.5. The van der Waals surface area contributed by atoms with Crippen molar-refractivity contribution in [3.05, 3.63) is 24.3 Å². The molecule has 2 heterocycles. The van der Waals surface area contributed by atoms with Crippen LogP contribution >= 0.6 is 11.8 Å². The normalized spacial score (nSPS) is 23.6. The SMILES string of the molecule is O=C(NC1CCCCC1)C1CCN(C(=O)[C@H]2Sc3ccccc3NC2=O)CC1. The Balaban J connectivity index is 1.30. The second-order valence-corrected chi connectivity index (χ2v) is 9.07. The Hall–Kier alpha value is -2.02. The van der Waals surface area contributed by atoms with Crippen molar-refractivity contribution in [2.75, 3.05) is 18.4 Å². The standard InChI is InChI=1S/C21H27N3O3S/c25-19(22-15-6-2-1-3-7-15)14-10-12-24(13-11-14)21(27)18-20(26)23-16-8-4-5-9-17(16)28-18/h4-5,8-9,14-15,18H,1-3,6-7,10-13H2,(H,22,25)(H,23,26)/t18-/m0/s1. The summed E-state index contributed by atoms with van der Waals surface area (Å²) in [5.74, 6) is -0.300. The lowest BCUT2D eigenvalue weighted by molar-refractivity contribution is -0.137.